The smallest absolute Gasteiger partial charge is 0.163 e. The third-order valence-electron chi connectivity index (χ3n) is 4.26. The molecule has 1 aromatic heterocycles. The minimum atomic E-state index is 0.518. The number of fused-ring (bicyclic) bond motifs is 1. The molecule has 0 unspecified atom stereocenters. The zero-order valence-corrected chi connectivity index (χ0v) is 13.0. The van der Waals surface area contributed by atoms with Crippen molar-refractivity contribution < 1.29 is 9.47 Å². The van der Waals surface area contributed by atoms with Crippen LogP contribution in [0.5, 0.6) is 11.5 Å². The zero-order chi connectivity index (χ0) is 14.8. The normalized spacial score (nSPS) is 16.3. The molecule has 0 spiro atoms. The fourth-order valence-corrected chi connectivity index (χ4v) is 3.19. The number of imidazole rings is 1. The fraction of sp³-hybridized carbons (Fsp3) is 0.562. The lowest BCUT2D eigenvalue weighted by Gasteiger charge is -2.26. The summed E-state index contributed by atoms with van der Waals surface area (Å²) in [6, 6.07) is 4.55. The second-order valence-electron chi connectivity index (χ2n) is 5.43. The van der Waals surface area contributed by atoms with Crippen molar-refractivity contribution in [2.24, 2.45) is 0 Å². The van der Waals surface area contributed by atoms with Crippen LogP contribution in [0.15, 0.2) is 12.1 Å². The number of piperidine rings is 1. The van der Waals surface area contributed by atoms with Crippen molar-refractivity contribution in [1.29, 1.82) is 0 Å². The van der Waals surface area contributed by atoms with Gasteiger partial charge in [-0.3, -0.25) is 0 Å². The Morgan fingerprint density at radius 2 is 1.86 bits per heavy atom. The molecule has 0 atom stereocenters. The second-order valence-corrected chi connectivity index (χ2v) is 5.43. The molecule has 2 aromatic rings. The van der Waals surface area contributed by atoms with Gasteiger partial charge in [-0.1, -0.05) is 6.92 Å². The van der Waals surface area contributed by atoms with Gasteiger partial charge in [-0.15, -0.1) is 0 Å². The first-order valence-electron chi connectivity index (χ1n) is 7.62. The highest BCUT2D eigenvalue weighted by Gasteiger charge is 2.22. The van der Waals surface area contributed by atoms with Crippen LogP contribution in [-0.2, 0) is 6.42 Å². The van der Waals surface area contributed by atoms with Gasteiger partial charge >= 0.3 is 0 Å². The molecule has 21 heavy (non-hydrogen) atoms. The highest BCUT2D eigenvalue weighted by Crippen LogP contribution is 2.35. The van der Waals surface area contributed by atoms with Gasteiger partial charge in [0, 0.05) is 24.6 Å². The predicted molar refractivity (Wildman–Crippen MR) is 83.4 cm³/mol. The average Bonchev–Trinajstić information content (AvgIpc) is 2.91. The maximum Gasteiger partial charge on any atom is 0.163 e. The van der Waals surface area contributed by atoms with E-state index in [2.05, 4.69) is 22.9 Å². The Hall–Kier alpha value is -1.75. The molecule has 0 saturated carbocycles. The first kappa shape index (κ1) is 14.2. The van der Waals surface area contributed by atoms with E-state index in [-0.39, 0.29) is 0 Å². The highest BCUT2D eigenvalue weighted by atomic mass is 16.5. The first-order chi connectivity index (χ1) is 10.3. The molecule has 0 aliphatic carbocycles. The summed E-state index contributed by atoms with van der Waals surface area (Å²) in [5, 5.41) is 3.42. The molecular formula is C16H23N3O2. The van der Waals surface area contributed by atoms with Crippen LogP contribution in [0.4, 0.5) is 0 Å². The van der Waals surface area contributed by atoms with Crippen LogP contribution >= 0.6 is 0 Å². The van der Waals surface area contributed by atoms with E-state index in [0.717, 1.165) is 60.7 Å². The Kier molecular flexibility index (Phi) is 4.01. The number of aromatic nitrogens is 2. The maximum atomic E-state index is 5.45. The first-order valence-corrected chi connectivity index (χ1v) is 7.62. The molecule has 5 heteroatoms. The Bertz CT molecular complexity index is 630. The topological polar surface area (TPSA) is 48.3 Å². The number of benzene rings is 1. The van der Waals surface area contributed by atoms with Crippen LogP contribution < -0.4 is 14.8 Å². The van der Waals surface area contributed by atoms with Gasteiger partial charge in [0.05, 0.1) is 25.3 Å². The Morgan fingerprint density at radius 3 is 2.48 bits per heavy atom. The summed E-state index contributed by atoms with van der Waals surface area (Å²) in [7, 11) is 3.34. The van der Waals surface area contributed by atoms with Crippen molar-refractivity contribution in [3.63, 3.8) is 0 Å². The van der Waals surface area contributed by atoms with E-state index in [1.807, 2.05) is 6.07 Å². The number of methoxy groups -OCH3 is 2. The third kappa shape index (κ3) is 2.46. The molecule has 1 aliphatic heterocycles. The van der Waals surface area contributed by atoms with Crippen LogP contribution in [-0.4, -0.2) is 36.9 Å². The number of hydrogen-bond donors (Lipinski definition) is 1. The average molecular weight is 289 g/mol. The lowest BCUT2D eigenvalue weighted by molar-refractivity contribution is 0.354. The van der Waals surface area contributed by atoms with E-state index >= 15 is 0 Å². The predicted octanol–water partition coefficient (Wildman–Crippen LogP) is 2.54. The van der Waals surface area contributed by atoms with Crippen molar-refractivity contribution >= 4 is 11.0 Å². The number of ether oxygens (including phenoxy) is 2. The molecule has 0 bridgehead atoms. The van der Waals surface area contributed by atoms with Crippen LogP contribution in [0.3, 0.4) is 0 Å². The summed E-state index contributed by atoms with van der Waals surface area (Å²) in [4.78, 5) is 4.80. The zero-order valence-electron chi connectivity index (χ0n) is 13.0. The van der Waals surface area contributed by atoms with Crippen LogP contribution in [0.25, 0.3) is 11.0 Å². The minimum Gasteiger partial charge on any atom is -0.493 e. The quantitative estimate of drug-likeness (QED) is 0.939. The monoisotopic (exact) mass is 289 g/mol. The maximum absolute atomic E-state index is 5.45. The molecule has 1 aliphatic rings. The molecule has 0 radical (unpaired) electrons. The fourth-order valence-electron chi connectivity index (χ4n) is 3.19. The van der Waals surface area contributed by atoms with Crippen molar-refractivity contribution in [2.45, 2.75) is 32.2 Å². The molecule has 2 heterocycles. The Labute approximate surface area is 125 Å². The van der Waals surface area contributed by atoms with Gasteiger partial charge in [0.25, 0.3) is 0 Å². The van der Waals surface area contributed by atoms with Crippen LogP contribution in [0.2, 0.25) is 0 Å². The Balaban J connectivity index is 2.16. The molecule has 1 saturated heterocycles. The van der Waals surface area contributed by atoms with Gasteiger partial charge in [-0.25, -0.2) is 4.98 Å². The number of nitrogens with one attached hydrogen (secondary N) is 1. The summed E-state index contributed by atoms with van der Waals surface area (Å²) < 4.78 is 13.2. The molecule has 3 rings (SSSR count). The largest absolute Gasteiger partial charge is 0.493 e. The molecular weight excluding hydrogens is 266 g/mol. The summed E-state index contributed by atoms with van der Waals surface area (Å²) in [5.74, 6) is 2.65. The second kappa shape index (κ2) is 5.93. The van der Waals surface area contributed by atoms with E-state index < -0.39 is 0 Å². The summed E-state index contributed by atoms with van der Waals surface area (Å²) in [6.45, 7) is 4.30. The van der Waals surface area contributed by atoms with E-state index in [0.29, 0.717) is 6.04 Å². The third-order valence-corrected chi connectivity index (χ3v) is 4.26. The van der Waals surface area contributed by atoms with Gasteiger partial charge in [-0.05, 0) is 25.9 Å². The lowest BCUT2D eigenvalue weighted by Crippen LogP contribution is -2.30. The number of aryl methyl sites for hydroxylation is 1. The van der Waals surface area contributed by atoms with Crippen molar-refractivity contribution in [1.82, 2.24) is 14.9 Å². The highest BCUT2D eigenvalue weighted by molar-refractivity contribution is 5.81. The van der Waals surface area contributed by atoms with Gasteiger partial charge in [-0.2, -0.15) is 0 Å². The standard InChI is InChI=1S/C16H23N3O2/c1-4-16-18-12-9-14(20-2)15(21-3)10-13(12)19(16)11-5-7-17-8-6-11/h9-11,17H,4-8H2,1-3H3. The number of rotatable bonds is 4. The summed E-state index contributed by atoms with van der Waals surface area (Å²) in [6.07, 6.45) is 3.23. The van der Waals surface area contributed by atoms with Crippen LogP contribution in [0, 0.1) is 0 Å². The SMILES string of the molecule is CCc1nc2cc(OC)c(OC)cc2n1C1CCNCC1. The summed E-state index contributed by atoms with van der Waals surface area (Å²) >= 11 is 0. The number of nitrogens with zero attached hydrogens (tertiary/aromatic N) is 2. The van der Waals surface area contributed by atoms with Crippen LogP contribution in [0.1, 0.15) is 31.6 Å². The molecule has 5 nitrogen and oxygen atoms in total. The van der Waals surface area contributed by atoms with Gasteiger partial charge < -0.3 is 19.4 Å². The lowest BCUT2D eigenvalue weighted by atomic mass is 10.1. The van der Waals surface area contributed by atoms with Gasteiger partial charge in [0.2, 0.25) is 0 Å². The summed E-state index contributed by atoms with van der Waals surface area (Å²) in [5.41, 5.74) is 2.14. The minimum absolute atomic E-state index is 0.518. The van der Waals surface area contributed by atoms with Crippen molar-refractivity contribution in [2.75, 3.05) is 27.3 Å². The van der Waals surface area contributed by atoms with Crippen molar-refractivity contribution in [3.8, 4) is 11.5 Å². The van der Waals surface area contributed by atoms with Gasteiger partial charge in [0.1, 0.15) is 5.82 Å². The van der Waals surface area contributed by atoms with Crippen molar-refractivity contribution in [3.05, 3.63) is 18.0 Å². The molecule has 0 amide bonds. The molecule has 1 fully saturated rings. The Morgan fingerprint density at radius 1 is 1.19 bits per heavy atom. The molecule has 114 valence electrons. The van der Waals surface area contributed by atoms with E-state index in [1.54, 1.807) is 14.2 Å². The molecule has 1 N–H and O–H groups in total. The van der Waals surface area contributed by atoms with E-state index in [1.165, 1.54) is 0 Å². The van der Waals surface area contributed by atoms with E-state index in [9.17, 15) is 0 Å². The van der Waals surface area contributed by atoms with E-state index in [4.69, 9.17) is 14.5 Å². The van der Waals surface area contributed by atoms with Gasteiger partial charge in [0.15, 0.2) is 11.5 Å². The molecule has 1 aromatic carbocycles. The number of hydrogen-bond acceptors (Lipinski definition) is 4.